The Kier molecular flexibility index (Phi) is 10.1. The maximum Gasteiger partial charge on any atom is 1.00 e. The summed E-state index contributed by atoms with van der Waals surface area (Å²) in [5, 5.41) is 40.0. The van der Waals surface area contributed by atoms with Crippen molar-refractivity contribution < 1.29 is 106 Å². The molecule has 0 aromatic carbocycles. The summed E-state index contributed by atoms with van der Waals surface area (Å²) in [6.07, 6.45) is -11.0. The number of aliphatic carboxylic acids is 1. The molecule has 0 aromatic heterocycles. The topological polar surface area (TPSA) is 176 Å². The summed E-state index contributed by atoms with van der Waals surface area (Å²) in [7, 11) is -5.06. The van der Waals surface area contributed by atoms with Gasteiger partial charge in [0.1, 0.15) is 24.4 Å². The van der Waals surface area contributed by atoms with E-state index in [0.29, 0.717) is 0 Å². The third-order valence-electron chi connectivity index (χ3n) is 2.01. The van der Waals surface area contributed by atoms with Crippen LogP contribution in [-0.2, 0) is 24.1 Å². The Bertz CT molecular complexity index is 399. The third kappa shape index (κ3) is 6.22. The van der Waals surface area contributed by atoms with Crippen molar-refractivity contribution in [2.45, 2.75) is 30.7 Å². The first-order valence-electron chi connectivity index (χ1n) is 4.17. The number of carboxylic acid groups (broad SMARTS) is 1. The van der Waals surface area contributed by atoms with Gasteiger partial charge >= 0.3 is 69.5 Å². The second kappa shape index (κ2) is 8.58. The quantitative estimate of drug-likeness (QED) is 0.334. The zero-order valence-corrected chi connectivity index (χ0v) is 14.8. The molecule has 3 N–H and O–H groups in total. The molecular formula is C6H8Na2O10S. The van der Waals surface area contributed by atoms with Crippen LogP contribution in [-0.4, -0.2) is 59.9 Å². The van der Waals surface area contributed by atoms with Gasteiger partial charge < -0.3 is 30.0 Å². The number of aliphatic hydroxyl groups is 2. The minimum atomic E-state index is -5.06. The van der Waals surface area contributed by atoms with Gasteiger partial charge in [-0.05, 0) is 0 Å². The zero-order valence-electron chi connectivity index (χ0n) is 9.99. The molecule has 19 heavy (non-hydrogen) atoms. The molecule has 10 nitrogen and oxygen atoms in total. The van der Waals surface area contributed by atoms with Gasteiger partial charge in [-0.2, -0.15) is 8.42 Å². The van der Waals surface area contributed by atoms with Crippen LogP contribution in [0.3, 0.4) is 0 Å². The summed E-state index contributed by atoms with van der Waals surface area (Å²) in [5.41, 5.74) is 0. The van der Waals surface area contributed by atoms with E-state index in [4.69, 9.17) is 4.55 Å². The average Bonchev–Trinajstić information content (AvgIpc) is 2.16. The Balaban J connectivity index is 0. The predicted molar refractivity (Wildman–Crippen MR) is 42.1 cm³/mol. The third-order valence-corrected chi connectivity index (χ3v) is 2.48. The van der Waals surface area contributed by atoms with E-state index in [0.717, 1.165) is 0 Å². The number of rotatable bonds is 3. The number of carboxylic acids is 1. The minimum absolute atomic E-state index is 0. The molecule has 1 aliphatic heterocycles. The maximum absolute atomic E-state index is 11.1. The zero-order chi connectivity index (χ0) is 13.4. The summed E-state index contributed by atoms with van der Waals surface area (Å²) < 4.78 is 36.9. The number of carbonyl (C=O) groups excluding carboxylic acids is 1. The molecule has 13 heteroatoms. The fourth-order valence-electron chi connectivity index (χ4n) is 1.27. The van der Waals surface area contributed by atoms with Gasteiger partial charge in [0.25, 0.3) is 0 Å². The van der Waals surface area contributed by atoms with E-state index in [9.17, 15) is 33.6 Å². The maximum atomic E-state index is 11.1. The summed E-state index contributed by atoms with van der Waals surface area (Å²) in [6.45, 7) is 0. The molecule has 0 spiro atoms. The van der Waals surface area contributed by atoms with Gasteiger partial charge in [-0.15, -0.1) is 0 Å². The summed E-state index contributed by atoms with van der Waals surface area (Å²) >= 11 is 0. The smallest absolute Gasteiger partial charge is 0.829 e. The molecule has 1 heterocycles. The standard InChI is InChI=1S/C6H9O10S.2Na/c7-1-2(8)4(16-17(12,13)14)6(11)15-3(1)5(9)10;;/h1-4,6-8H,(H,9,10)(H,12,13,14);;/q-1;2*+1/p-1/t1-,2+,3+,4-,6+;;/m1../s1. The SMILES string of the molecule is O=C([O-])[C@H]1O[C@H]([O-])[C@H](OS(=O)(=O)O)[C@@H](O)[C@H]1O.[Na+].[Na+]. The van der Waals surface area contributed by atoms with Crippen molar-refractivity contribution in [2.75, 3.05) is 0 Å². The van der Waals surface area contributed by atoms with Crippen LogP contribution in [0.2, 0.25) is 0 Å². The largest absolute Gasteiger partial charge is 1.00 e. The van der Waals surface area contributed by atoms with Crippen LogP contribution in [0, 0.1) is 0 Å². The van der Waals surface area contributed by atoms with Crippen LogP contribution >= 0.6 is 0 Å². The van der Waals surface area contributed by atoms with Crippen molar-refractivity contribution in [1.82, 2.24) is 0 Å². The van der Waals surface area contributed by atoms with E-state index in [1.165, 1.54) is 0 Å². The monoisotopic (exact) mass is 318 g/mol. The first kappa shape index (κ1) is 22.5. The van der Waals surface area contributed by atoms with E-state index in [2.05, 4.69) is 8.92 Å². The van der Waals surface area contributed by atoms with Crippen LogP contribution in [0.25, 0.3) is 0 Å². The van der Waals surface area contributed by atoms with Crippen molar-refractivity contribution in [3.63, 3.8) is 0 Å². The fraction of sp³-hybridized carbons (Fsp3) is 0.833. The minimum Gasteiger partial charge on any atom is -0.829 e. The van der Waals surface area contributed by atoms with Gasteiger partial charge in [0.05, 0.1) is 5.97 Å². The van der Waals surface area contributed by atoms with Crippen molar-refractivity contribution in [1.29, 1.82) is 0 Å². The van der Waals surface area contributed by atoms with Crippen LogP contribution in [0.1, 0.15) is 0 Å². The molecule has 1 aliphatic rings. The number of hydrogen-bond donors (Lipinski definition) is 3. The van der Waals surface area contributed by atoms with E-state index in [1.54, 1.807) is 0 Å². The van der Waals surface area contributed by atoms with E-state index in [-0.39, 0.29) is 59.1 Å². The summed E-state index contributed by atoms with van der Waals surface area (Å²) in [6, 6.07) is 0. The normalized spacial score (nSPS) is 34.8. The summed E-state index contributed by atoms with van der Waals surface area (Å²) in [5.74, 6) is -1.96. The van der Waals surface area contributed by atoms with E-state index < -0.39 is 47.1 Å². The van der Waals surface area contributed by atoms with Gasteiger partial charge in [0.2, 0.25) is 0 Å². The Hall–Kier alpha value is 1.18. The first-order valence-corrected chi connectivity index (χ1v) is 5.54. The molecule has 0 amide bonds. The van der Waals surface area contributed by atoms with Crippen LogP contribution in [0.5, 0.6) is 0 Å². The number of carbonyl (C=O) groups is 1. The van der Waals surface area contributed by atoms with Crippen molar-refractivity contribution >= 4 is 16.4 Å². The fourth-order valence-corrected chi connectivity index (χ4v) is 1.76. The molecule has 100 valence electrons. The van der Waals surface area contributed by atoms with Crippen LogP contribution in [0.4, 0.5) is 0 Å². The van der Waals surface area contributed by atoms with Crippen molar-refractivity contribution in [2.24, 2.45) is 0 Å². The molecule has 0 bridgehead atoms. The molecule has 0 aromatic rings. The van der Waals surface area contributed by atoms with Gasteiger partial charge in [-0.3, -0.25) is 4.55 Å². The predicted octanol–water partition coefficient (Wildman–Crippen LogP) is -11.3. The van der Waals surface area contributed by atoms with Crippen LogP contribution in [0.15, 0.2) is 0 Å². The van der Waals surface area contributed by atoms with E-state index >= 15 is 0 Å². The molecule has 0 aliphatic carbocycles. The van der Waals surface area contributed by atoms with E-state index in [1.807, 2.05) is 0 Å². The molecule has 0 unspecified atom stereocenters. The van der Waals surface area contributed by atoms with Crippen molar-refractivity contribution in [3.05, 3.63) is 0 Å². The van der Waals surface area contributed by atoms with Gasteiger partial charge in [0, 0.05) is 6.29 Å². The van der Waals surface area contributed by atoms with Crippen molar-refractivity contribution in [3.8, 4) is 0 Å². The number of aliphatic hydroxyl groups excluding tert-OH is 2. The van der Waals surface area contributed by atoms with Gasteiger partial charge in [-0.25, -0.2) is 4.18 Å². The molecule has 0 radical (unpaired) electrons. The molecule has 1 saturated heterocycles. The molecule has 0 saturated carbocycles. The Morgan fingerprint density at radius 3 is 2.05 bits per heavy atom. The Labute approximate surface area is 152 Å². The molecular weight excluding hydrogens is 310 g/mol. The first-order chi connectivity index (χ1) is 7.63. The molecule has 1 rings (SSSR count). The average molecular weight is 318 g/mol. The number of ether oxygens (including phenoxy) is 1. The van der Waals surface area contributed by atoms with Gasteiger partial charge in [0.15, 0.2) is 0 Å². The second-order valence-electron chi connectivity index (χ2n) is 3.21. The Morgan fingerprint density at radius 2 is 1.68 bits per heavy atom. The second-order valence-corrected chi connectivity index (χ2v) is 4.26. The molecule has 5 atom stereocenters. The Morgan fingerprint density at radius 1 is 1.21 bits per heavy atom. The molecule has 1 fully saturated rings. The summed E-state index contributed by atoms with van der Waals surface area (Å²) in [4.78, 5) is 10.4. The van der Waals surface area contributed by atoms with Gasteiger partial charge in [-0.1, -0.05) is 0 Å². The van der Waals surface area contributed by atoms with Crippen LogP contribution < -0.4 is 69.3 Å². The number of hydrogen-bond acceptors (Lipinski definition) is 9.